The molecule has 4 bridgehead atoms. The summed E-state index contributed by atoms with van der Waals surface area (Å²) in [5.41, 5.74) is 0.803. The van der Waals surface area contributed by atoms with Crippen LogP contribution >= 0.6 is 24.0 Å². The fraction of sp³-hybridized carbons (Fsp3) is 0.417. The molecule has 5 aliphatic rings. The Morgan fingerprint density at radius 2 is 1.67 bits per heavy atom. The third-order valence-electron chi connectivity index (χ3n) is 7.33. The van der Waals surface area contributed by atoms with Gasteiger partial charge in [0.2, 0.25) is 0 Å². The Labute approximate surface area is 184 Å². The van der Waals surface area contributed by atoms with Crippen molar-refractivity contribution >= 4 is 40.3 Å². The summed E-state index contributed by atoms with van der Waals surface area (Å²) in [6, 6.07) is 10.2. The van der Waals surface area contributed by atoms with E-state index in [4.69, 9.17) is 16.6 Å². The van der Waals surface area contributed by atoms with Crippen LogP contribution in [-0.2, 0) is 4.79 Å². The second kappa shape index (κ2) is 7.06. The summed E-state index contributed by atoms with van der Waals surface area (Å²) in [7, 11) is 0. The van der Waals surface area contributed by atoms with Gasteiger partial charge in [0.25, 0.3) is 5.91 Å². The Balaban J connectivity index is 1.25. The summed E-state index contributed by atoms with van der Waals surface area (Å²) in [5.74, 6) is 3.96. The monoisotopic (exact) mass is 439 g/mol. The van der Waals surface area contributed by atoms with Gasteiger partial charge in [-0.2, -0.15) is 0 Å². The highest BCUT2D eigenvalue weighted by molar-refractivity contribution is 8.26. The second-order valence-corrected chi connectivity index (χ2v) is 10.9. The number of thioether (sulfide) groups is 1. The molecule has 7 rings (SSSR count). The van der Waals surface area contributed by atoms with Crippen LogP contribution in [0, 0.1) is 29.5 Å². The Morgan fingerprint density at radius 3 is 2.33 bits per heavy atom. The van der Waals surface area contributed by atoms with Crippen LogP contribution in [0.3, 0.4) is 0 Å². The van der Waals surface area contributed by atoms with Crippen molar-refractivity contribution < 1.29 is 13.6 Å². The molecule has 0 unspecified atom stereocenters. The first-order valence-electron chi connectivity index (χ1n) is 10.7. The minimum absolute atomic E-state index is 0.0298. The van der Waals surface area contributed by atoms with Gasteiger partial charge in [-0.3, -0.25) is 9.69 Å². The van der Waals surface area contributed by atoms with Crippen molar-refractivity contribution in [1.82, 2.24) is 4.90 Å². The van der Waals surface area contributed by atoms with Crippen molar-refractivity contribution in [1.29, 1.82) is 0 Å². The maximum Gasteiger partial charge on any atom is 0.266 e. The van der Waals surface area contributed by atoms with Gasteiger partial charge in [-0.15, -0.1) is 0 Å². The van der Waals surface area contributed by atoms with E-state index in [1.165, 1.54) is 56.0 Å². The summed E-state index contributed by atoms with van der Waals surface area (Å²) >= 11 is 7.05. The molecule has 5 fully saturated rings. The molecule has 0 spiro atoms. The molecule has 6 heteroatoms. The molecule has 2 heterocycles. The lowest BCUT2D eigenvalue weighted by atomic mass is 9.54. The largest absolute Gasteiger partial charge is 0.457 e. The minimum Gasteiger partial charge on any atom is -0.457 e. The number of benzene rings is 1. The summed E-state index contributed by atoms with van der Waals surface area (Å²) in [5, 5.41) is 0. The highest BCUT2D eigenvalue weighted by Gasteiger charge is 2.53. The number of thiocarbonyl (C=S) groups is 1. The number of furan rings is 1. The molecule has 1 amide bonds. The van der Waals surface area contributed by atoms with Crippen molar-refractivity contribution in [3.63, 3.8) is 0 Å². The zero-order valence-electron chi connectivity index (χ0n) is 16.4. The van der Waals surface area contributed by atoms with E-state index in [9.17, 15) is 9.18 Å². The quantitative estimate of drug-likeness (QED) is 0.427. The summed E-state index contributed by atoms with van der Waals surface area (Å²) in [6.07, 6.45) is 8.22. The fourth-order valence-corrected chi connectivity index (χ4v) is 7.71. The molecule has 0 N–H and O–H groups in total. The molecule has 3 nitrogen and oxygen atoms in total. The van der Waals surface area contributed by atoms with Crippen LogP contribution in [-0.4, -0.2) is 21.2 Å². The predicted octanol–water partition coefficient (Wildman–Crippen LogP) is 6.11. The SMILES string of the molecule is O=C1/C(=C/c2ccc(-c3ccc(F)cc3)o2)SC(=S)N1C1C2CC3CC(C2)CC1C3. The average Bonchev–Trinajstić information content (AvgIpc) is 3.28. The zero-order chi connectivity index (χ0) is 20.4. The van der Waals surface area contributed by atoms with Crippen molar-refractivity contribution in [2.45, 2.75) is 38.1 Å². The molecule has 1 aromatic heterocycles. The van der Waals surface area contributed by atoms with E-state index < -0.39 is 0 Å². The standard InChI is InChI=1S/C24H22FNO2S2/c25-18-3-1-15(2-4-18)20-6-5-19(28-20)12-21-23(27)26(24(29)30-21)22-16-8-13-7-14(10-16)11-17(22)9-13/h1-6,12-14,16-17,22H,7-11H2/b21-12-. The first-order valence-corrected chi connectivity index (χ1v) is 11.9. The third kappa shape index (κ3) is 3.07. The lowest BCUT2D eigenvalue weighted by Gasteiger charge is -2.56. The van der Waals surface area contributed by atoms with E-state index in [1.807, 2.05) is 17.0 Å². The molecule has 4 saturated carbocycles. The van der Waals surface area contributed by atoms with Crippen LogP contribution in [0.25, 0.3) is 17.4 Å². The number of hydrogen-bond donors (Lipinski definition) is 0. The van der Waals surface area contributed by atoms with Gasteiger partial charge in [0.15, 0.2) is 0 Å². The molecule has 1 saturated heterocycles. The smallest absolute Gasteiger partial charge is 0.266 e. The zero-order valence-corrected chi connectivity index (χ0v) is 18.1. The third-order valence-corrected chi connectivity index (χ3v) is 8.66. The highest BCUT2D eigenvalue weighted by Crippen LogP contribution is 2.56. The van der Waals surface area contributed by atoms with Crippen molar-refractivity contribution in [2.24, 2.45) is 23.7 Å². The van der Waals surface area contributed by atoms with Gasteiger partial charge in [0.1, 0.15) is 21.7 Å². The Kier molecular flexibility index (Phi) is 4.43. The molecule has 154 valence electrons. The Bertz CT molecular complexity index is 1030. The molecule has 1 aliphatic heterocycles. The lowest BCUT2D eigenvalue weighted by Crippen LogP contribution is -2.57. The minimum atomic E-state index is -0.279. The topological polar surface area (TPSA) is 33.5 Å². The van der Waals surface area contributed by atoms with Crippen LogP contribution in [0.1, 0.15) is 37.9 Å². The Morgan fingerprint density at radius 1 is 1.00 bits per heavy atom. The van der Waals surface area contributed by atoms with Crippen LogP contribution in [0.15, 0.2) is 45.7 Å². The lowest BCUT2D eigenvalue weighted by molar-refractivity contribution is -0.130. The van der Waals surface area contributed by atoms with Gasteiger partial charge in [-0.05, 0) is 92.2 Å². The number of nitrogens with zero attached hydrogens (tertiary/aromatic N) is 1. The van der Waals surface area contributed by atoms with E-state index in [0.29, 0.717) is 32.6 Å². The number of halogens is 1. The molecule has 1 aromatic carbocycles. The first-order chi connectivity index (χ1) is 14.5. The second-order valence-electron chi connectivity index (χ2n) is 9.18. The number of carbonyl (C=O) groups is 1. The number of hydrogen-bond acceptors (Lipinski definition) is 4. The van der Waals surface area contributed by atoms with E-state index in [-0.39, 0.29) is 17.8 Å². The van der Waals surface area contributed by atoms with E-state index in [2.05, 4.69) is 0 Å². The maximum atomic E-state index is 13.3. The molecular formula is C24H22FNO2S2. The number of rotatable bonds is 3. The number of amides is 1. The van der Waals surface area contributed by atoms with E-state index >= 15 is 0 Å². The average molecular weight is 440 g/mol. The van der Waals surface area contributed by atoms with Crippen LogP contribution in [0.5, 0.6) is 0 Å². The van der Waals surface area contributed by atoms with Gasteiger partial charge in [-0.1, -0.05) is 24.0 Å². The first kappa shape index (κ1) is 18.8. The normalized spacial score (nSPS) is 33.8. The summed E-state index contributed by atoms with van der Waals surface area (Å²) < 4.78 is 19.8. The summed E-state index contributed by atoms with van der Waals surface area (Å²) in [6.45, 7) is 0. The van der Waals surface area contributed by atoms with Crippen LogP contribution < -0.4 is 0 Å². The van der Waals surface area contributed by atoms with Crippen molar-refractivity contribution in [2.75, 3.05) is 0 Å². The fourth-order valence-electron chi connectivity index (χ4n) is 6.38. The number of carbonyl (C=O) groups excluding carboxylic acids is 1. The van der Waals surface area contributed by atoms with Crippen LogP contribution in [0.4, 0.5) is 4.39 Å². The van der Waals surface area contributed by atoms with E-state index in [0.717, 1.165) is 17.4 Å². The van der Waals surface area contributed by atoms with Crippen molar-refractivity contribution in [3.8, 4) is 11.3 Å². The molecule has 0 radical (unpaired) electrons. The van der Waals surface area contributed by atoms with E-state index in [1.54, 1.807) is 18.2 Å². The molecular weight excluding hydrogens is 417 g/mol. The van der Waals surface area contributed by atoms with Crippen LogP contribution in [0.2, 0.25) is 0 Å². The Hall–Kier alpha value is -1.92. The molecule has 30 heavy (non-hydrogen) atoms. The predicted molar refractivity (Wildman–Crippen MR) is 120 cm³/mol. The van der Waals surface area contributed by atoms with Gasteiger partial charge in [0, 0.05) is 17.7 Å². The summed E-state index contributed by atoms with van der Waals surface area (Å²) in [4.78, 5) is 15.9. The molecule has 2 aromatic rings. The highest BCUT2D eigenvalue weighted by atomic mass is 32.2. The maximum absolute atomic E-state index is 13.3. The van der Waals surface area contributed by atoms with Gasteiger partial charge < -0.3 is 4.42 Å². The van der Waals surface area contributed by atoms with Gasteiger partial charge in [-0.25, -0.2) is 4.39 Å². The van der Waals surface area contributed by atoms with Gasteiger partial charge in [0.05, 0.1) is 4.91 Å². The van der Waals surface area contributed by atoms with Crippen molar-refractivity contribution in [3.05, 3.63) is 52.9 Å². The molecule has 4 aliphatic carbocycles. The van der Waals surface area contributed by atoms with Gasteiger partial charge >= 0.3 is 0 Å². The molecule has 0 atom stereocenters.